The van der Waals surface area contributed by atoms with Crippen LogP contribution in [0.15, 0.2) is 35.9 Å². The van der Waals surface area contributed by atoms with Crippen molar-refractivity contribution >= 4 is 6.03 Å². The number of allylic oxidation sites excluding steroid dienone is 1. The maximum Gasteiger partial charge on any atom is 0.392 e. The van der Waals surface area contributed by atoms with Crippen LogP contribution in [-0.4, -0.2) is 43.3 Å². The minimum absolute atomic E-state index is 0.0384. The van der Waals surface area contributed by atoms with Crippen LogP contribution in [0.1, 0.15) is 38.2 Å². The molecule has 1 aromatic carbocycles. The van der Waals surface area contributed by atoms with Gasteiger partial charge in [-0.2, -0.15) is 13.2 Å². The Morgan fingerprint density at radius 2 is 2.04 bits per heavy atom. The molecule has 0 bridgehead atoms. The van der Waals surface area contributed by atoms with Gasteiger partial charge in [-0.25, -0.2) is 4.79 Å². The van der Waals surface area contributed by atoms with Crippen LogP contribution >= 0.6 is 0 Å². The second kappa shape index (κ2) is 9.67. The van der Waals surface area contributed by atoms with Crippen LogP contribution in [0.5, 0.6) is 5.75 Å². The van der Waals surface area contributed by atoms with Gasteiger partial charge < -0.3 is 15.0 Å². The van der Waals surface area contributed by atoms with E-state index in [1.54, 1.807) is 12.0 Å². The minimum Gasteiger partial charge on any atom is -0.497 e. The Morgan fingerprint density at radius 3 is 2.63 bits per heavy atom. The summed E-state index contributed by atoms with van der Waals surface area (Å²) < 4.78 is 42.3. The highest BCUT2D eigenvalue weighted by Gasteiger charge is 2.29. The summed E-state index contributed by atoms with van der Waals surface area (Å²) in [6.07, 6.45) is -0.791. The summed E-state index contributed by atoms with van der Waals surface area (Å²) in [5, 5.41) is 2.93. The summed E-state index contributed by atoms with van der Waals surface area (Å²) in [6, 6.07) is 7.74. The van der Waals surface area contributed by atoms with Crippen molar-refractivity contribution in [2.45, 2.75) is 51.2 Å². The quantitative estimate of drug-likeness (QED) is 0.627. The number of amides is 2. The van der Waals surface area contributed by atoms with E-state index in [1.165, 1.54) is 11.6 Å². The average Bonchev–Trinajstić information content (AvgIpc) is 2.97. The smallest absolute Gasteiger partial charge is 0.392 e. The molecule has 0 spiro atoms. The SMILES string of the molecule is CC/C(=C\CC(F)(F)F)CN1CC(CCCc2ccc(OC)cc2)NC1=O. The number of alkyl halides is 3. The van der Waals surface area contributed by atoms with Crippen LogP contribution < -0.4 is 10.1 Å². The Morgan fingerprint density at radius 1 is 1.33 bits per heavy atom. The van der Waals surface area contributed by atoms with Gasteiger partial charge in [0.1, 0.15) is 5.75 Å². The molecule has 1 fully saturated rings. The van der Waals surface area contributed by atoms with Crippen LogP contribution in [0.2, 0.25) is 0 Å². The second-order valence-corrected chi connectivity index (χ2v) is 6.80. The zero-order valence-corrected chi connectivity index (χ0v) is 15.8. The van der Waals surface area contributed by atoms with Gasteiger partial charge in [-0.05, 0) is 43.4 Å². The Kier molecular flexibility index (Phi) is 7.56. The largest absolute Gasteiger partial charge is 0.497 e. The summed E-state index contributed by atoms with van der Waals surface area (Å²) in [5.41, 5.74) is 1.85. The van der Waals surface area contributed by atoms with Crippen molar-refractivity contribution in [3.8, 4) is 5.75 Å². The molecule has 4 nitrogen and oxygen atoms in total. The lowest BCUT2D eigenvalue weighted by molar-refractivity contribution is -0.125. The summed E-state index contributed by atoms with van der Waals surface area (Å²) in [7, 11) is 1.63. The lowest BCUT2D eigenvalue weighted by Crippen LogP contribution is -2.30. The van der Waals surface area contributed by atoms with E-state index in [1.807, 2.05) is 31.2 Å². The lowest BCUT2D eigenvalue weighted by atomic mass is 10.0. The van der Waals surface area contributed by atoms with Gasteiger partial charge >= 0.3 is 12.2 Å². The first kappa shape index (κ1) is 21.1. The molecule has 1 saturated heterocycles. The van der Waals surface area contributed by atoms with E-state index in [9.17, 15) is 18.0 Å². The molecule has 1 heterocycles. The highest BCUT2D eigenvalue weighted by Crippen LogP contribution is 2.22. The average molecular weight is 384 g/mol. The summed E-state index contributed by atoms with van der Waals surface area (Å²) >= 11 is 0. The fraction of sp³-hybridized carbons (Fsp3) is 0.550. The zero-order valence-electron chi connectivity index (χ0n) is 15.8. The third kappa shape index (κ3) is 7.15. The number of carbonyl (C=O) groups is 1. The van der Waals surface area contributed by atoms with E-state index in [4.69, 9.17) is 4.74 Å². The molecule has 27 heavy (non-hydrogen) atoms. The standard InChI is InChI=1S/C20H27F3N2O2/c1-3-15(11-12-20(21,22)23)13-25-14-17(24-19(25)26)6-4-5-16-7-9-18(27-2)10-8-16/h7-11,17H,3-6,12-14H2,1-2H3,(H,24,26)/b15-11+. The number of methoxy groups -OCH3 is 1. The van der Waals surface area contributed by atoms with E-state index >= 15 is 0 Å². The molecule has 2 rings (SSSR count). The first-order valence-electron chi connectivity index (χ1n) is 9.23. The van der Waals surface area contributed by atoms with Crippen molar-refractivity contribution in [1.29, 1.82) is 0 Å². The van der Waals surface area contributed by atoms with Gasteiger partial charge in [0.05, 0.1) is 13.5 Å². The number of hydrogen-bond acceptors (Lipinski definition) is 2. The molecule has 150 valence electrons. The molecule has 0 radical (unpaired) electrons. The number of urea groups is 1. The normalized spacial score (nSPS) is 18.0. The van der Waals surface area contributed by atoms with Crippen LogP contribution in [0.4, 0.5) is 18.0 Å². The highest BCUT2D eigenvalue weighted by molar-refractivity contribution is 5.77. The van der Waals surface area contributed by atoms with Crippen molar-refractivity contribution in [1.82, 2.24) is 10.2 Å². The van der Waals surface area contributed by atoms with Crippen molar-refractivity contribution in [2.75, 3.05) is 20.2 Å². The Labute approximate surface area is 158 Å². The van der Waals surface area contributed by atoms with Crippen molar-refractivity contribution in [3.05, 3.63) is 41.5 Å². The number of nitrogens with one attached hydrogen (secondary N) is 1. The van der Waals surface area contributed by atoms with Gasteiger partial charge in [-0.3, -0.25) is 0 Å². The topological polar surface area (TPSA) is 41.6 Å². The number of benzene rings is 1. The molecule has 1 aliphatic rings. The molecule has 1 aliphatic heterocycles. The van der Waals surface area contributed by atoms with E-state index in [2.05, 4.69) is 5.32 Å². The first-order valence-corrected chi connectivity index (χ1v) is 9.23. The molecule has 0 saturated carbocycles. The molecule has 1 aromatic rings. The number of halogens is 3. The molecule has 1 unspecified atom stereocenters. The van der Waals surface area contributed by atoms with Crippen LogP contribution in [0.3, 0.4) is 0 Å². The number of rotatable bonds is 9. The first-order chi connectivity index (χ1) is 12.8. The monoisotopic (exact) mass is 384 g/mol. The predicted molar refractivity (Wildman–Crippen MR) is 98.9 cm³/mol. The molecular weight excluding hydrogens is 357 g/mol. The van der Waals surface area contributed by atoms with E-state index in [-0.39, 0.29) is 18.6 Å². The van der Waals surface area contributed by atoms with Gasteiger partial charge in [0.15, 0.2) is 0 Å². The molecular formula is C20H27F3N2O2. The molecule has 1 N–H and O–H groups in total. The Balaban J connectivity index is 1.78. The number of ether oxygens (including phenoxy) is 1. The molecule has 2 amide bonds. The van der Waals surface area contributed by atoms with Crippen molar-refractivity contribution in [2.24, 2.45) is 0 Å². The van der Waals surface area contributed by atoms with Gasteiger partial charge in [-0.1, -0.05) is 30.7 Å². The number of carbonyl (C=O) groups excluding carboxylic acids is 1. The Bertz CT molecular complexity index is 642. The van der Waals surface area contributed by atoms with E-state index in [0.717, 1.165) is 25.0 Å². The Hall–Kier alpha value is -2.18. The molecule has 0 aromatic heterocycles. The van der Waals surface area contributed by atoms with Crippen LogP contribution in [-0.2, 0) is 6.42 Å². The van der Waals surface area contributed by atoms with Crippen LogP contribution in [0.25, 0.3) is 0 Å². The zero-order chi connectivity index (χ0) is 19.9. The van der Waals surface area contributed by atoms with E-state index < -0.39 is 12.6 Å². The maximum absolute atomic E-state index is 12.4. The van der Waals surface area contributed by atoms with Crippen molar-refractivity contribution in [3.63, 3.8) is 0 Å². The second-order valence-electron chi connectivity index (χ2n) is 6.80. The lowest BCUT2D eigenvalue weighted by Gasteiger charge is -2.17. The van der Waals surface area contributed by atoms with Crippen molar-refractivity contribution < 1.29 is 22.7 Å². The fourth-order valence-electron chi connectivity index (χ4n) is 3.13. The molecule has 7 heteroatoms. The number of aryl methyl sites for hydroxylation is 1. The highest BCUT2D eigenvalue weighted by atomic mass is 19.4. The van der Waals surface area contributed by atoms with Gasteiger partial charge in [0.2, 0.25) is 0 Å². The fourth-order valence-corrected chi connectivity index (χ4v) is 3.13. The minimum atomic E-state index is -4.21. The van der Waals surface area contributed by atoms with Gasteiger partial charge in [0.25, 0.3) is 0 Å². The molecule has 1 atom stereocenters. The van der Waals surface area contributed by atoms with Crippen LogP contribution in [0, 0.1) is 0 Å². The summed E-state index contributed by atoms with van der Waals surface area (Å²) in [5.74, 6) is 0.822. The van der Waals surface area contributed by atoms with Gasteiger partial charge in [-0.15, -0.1) is 0 Å². The summed E-state index contributed by atoms with van der Waals surface area (Å²) in [6.45, 7) is 2.60. The third-order valence-electron chi connectivity index (χ3n) is 4.70. The molecule has 0 aliphatic carbocycles. The third-order valence-corrected chi connectivity index (χ3v) is 4.70. The van der Waals surface area contributed by atoms with Gasteiger partial charge in [0, 0.05) is 19.1 Å². The predicted octanol–water partition coefficient (Wildman–Crippen LogP) is 4.70. The maximum atomic E-state index is 12.4. The number of hydrogen-bond donors (Lipinski definition) is 1. The van der Waals surface area contributed by atoms with E-state index in [0.29, 0.717) is 18.5 Å². The summed E-state index contributed by atoms with van der Waals surface area (Å²) in [4.78, 5) is 13.7. The number of nitrogens with zero attached hydrogens (tertiary/aromatic N) is 1.